The molecule has 0 amide bonds. The third-order valence-electron chi connectivity index (χ3n) is 3.12. The normalized spacial score (nSPS) is 19.4. The fourth-order valence-electron chi connectivity index (χ4n) is 2.26. The Balaban J connectivity index is 2.31. The molecule has 20 heavy (non-hydrogen) atoms. The van der Waals surface area contributed by atoms with Crippen molar-refractivity contribution in [2.24, 2.45) is 0 Å². The number of carboxylic acid groups (broad SMARTS) is 1. The van der Waals surface area contributed by atoms with Crippen molar-refractivity contribution in [2.75, 3.05) is 13.2 Å². The van der Waals surface area contributed by atoms with E-state index in [0.29, 0.717) is 25.3 Å². The highest BCUT2D eigenvalue weighted by molar-refractivity contribution is 7.89. The van der Waals surface area contributed by atoms with Crippen LogP contribution in [0.3, 0.4) is 0 Å². The maximum Gasteiger partial charge on any atom is 0.325 e. The highest BCUT2D eigenvalue weighted by Crippen LogP contribution is 2.20. The smallest absolute Gasteiger partial charge is 0.325 e. The van der Waals surface area contributed by atoms with Crippen molar-refractivity contribution in [1.82, 2.24) is 14.5 Å². The zero-order chi connectivity index (χ0) is 14.9. The molecule has 1 atom stereocenters. The predicted molar refractivity (Wildman–Crippen MR) is 68.9 cm³/mol. The van der Waals surface area contributed by atoms with Crippen LogP contribution < -0.4 is 4.72 Å². The van der Waals surface area contributed by atoms with E-state index in [1.54, 1.807) is 13.8 Å². The summed E-state index contributed by atoms with van der Waals surface area (Å²) in [7, 11) is -3.73. The molecule has 2 heterocycles. The third kappa shape index (κ3) is 3.00. The first-order chi connectivity index (χ1) is 9.31. The van der Waals surface area contributed by atoms with Crippen molar-refractivity contribution < 1.29 is 23.1 Å². The molecule has 1 aliphatic heterocycles. The number of hydrogen-bond acceptors (Lipinski definition) is 5. The number of aromatic nitrogens is 2. The Morgan fingerprint density at radius 1 is 1.55 bits per heavy atom. The molecule has 1 aliphatic rings. The van der Waals surface area contributed by atoms with Crippen LogP contribution in [-0.2, 0) is 26.1 Å². The van der Waals surface area contributed by atoms with E-state index in [-0.39, 0.29) is 23.2 Å². The van der Waals surface area contributed by atoms with Gasteiger partial charge in [-0.25, -0.2) is 13.1 Å². The summed E-state index contributed by atoms with van der Waals surface area (Å²) in [6.45, 7) is 3.60. The molecular weight excluding hydrogens is 286 g/mol. The Morgan fingerprint density at radius 3 is 2.80 bits per heavy atom. The molecule has 0 aliphatic carbocycles. The number of sulfonamides is 1. The highest BCUT2D eigenvalue weighted by Gasteiger charge is 2.29. The highest BCUT2D eigenvalue weighted by atomic mass is 32.2. The van der Waals surface area contributed by atoms with E-state index >= 15 is 0 Å². The molecule has 0 spiro atoms. The first-order valence-corrected chi connectivity index (χ1v) is 7.65. The molecule has 1 unspecified atom stereocenters. The number of nitrogens with one attached hydrogen (secondary N) is 1. The van der Waals surface area contributed by atoms with Gasteiger partial charge in [0.25, 0.3) is 0 Å². The fourth-order valence-corrected chi connectivity index (χ4v) is 3.92. The molecule has 1 saturated heterocycles. The summed E-state index contributed by atoms with van der Waals surface area (Å²) in [6, 6.07) is -0.248. The van der Waals surface area contributed by atoms with E-state index in [1.807, 2.05) is 0 Å². The van der Waals surface area contributed by atoms with E-state index in [4.69, 9.17) is 9.84 Å². The van der Waals surface area contributed by atoms with Crippen molar-refractivity contribution >= 4 is 16.0 Å². The summed E-state index contributed by atoms with van der Waals surface area (Å²) in [6.07, 6.45) is 0.626. The van der Waals surface area contributed by atoms with Gasteiger partial charge in [-0.2, -0.15) is 5.10 Å². The van der Waals surface area contributed by atoms with Crippen molar-refractivity contribution in [2.45, 2.75) is 37.8 Å². The van der Waals surface area contributed by atoms with E-state index in [9.17, 15) is 13.2 Å². The lowest BCUT2D eigenvalue weighted by Crippen LogP contribution is -2.35. The Labute approximate surface area is 116 Å². The van der Waals surface area contributed by atoms with Crippen molar-refractivity contribution in [3.8, 4) is 0 Å². The van der Waals surface area contributed by atoms with Crippen molar-refractivity contribution in [3.05, 3.63) is 11.4 Å². The van der Waals surface area contributed by atoms with Crippen LogP contribution in [0, 0.1) is 13.8 Å². The molecule has 2 rings (SSSR count). The van der Waals surface area contributed by atoms with E-state index < -0.39 is 16.0 Å². The van der Waals surface area contributed by atoms with Crippen LogP contribution in [0.4, 0.5) is 0 Å². The lowest BCUT2D eigenvalue weighted by atomic mass is 10.3. The molecule has 1 fully saturated rings. The van der Waals surface area contributed by atoms with Crippen molar-refractivity contribution in [3.63, 3.8) is 0 Å². The van der Waals surface area contributed by atoms with Gasteiger partial charge >= 0.3 is 5.97 Å². The van der Waals surface area contributed by atoms with Crippen LogP contribution in [0.25, 0.3) is 0 Å². The van der Waals surface area contributed by atoms with E-state index in [2.05, 4.69) is 9.82 Å². The lowest BCUT2D eigenvalue weighted by molar-refractivity contribution is -0.137. The van der Waals surface area contributed by atoms with Crippen LogP contribution in [-0.4, -0.2) is 48.5 Å². The topological polar surface area (TPSA) is 111 Å². The second kappa shape index (κ2) is 5.51. The Bertz CT molecular complexity index is 616. The summed E-state index contributed by atoms with van der Waals surface area (Å²) in [5.74, 6) is -1.07. The quantitative estimate of drug-likeness (QED) is 0.769. The standard InChI is InChI=1S/C11H17N3O5S/c1-7-11(8(2)14(12-7)5-10(15)16)20(17,18)13-9-3-4-19-6-9/h9,13H,3-6H2,1-2H3,(H,15,16). The fraction of sp³-hybridized carbons (Fsp3) is 0.636. The minimum Gasteiger partial charge on any atom is -0.480 e. The average molecular weight is 303 g/mol. The van der Waals surface area contributed by atoms with Gasteiger partial charge in [0, 0.05) is 12.6 Å². The van der Waals surface area contributed by atoms with Gasteiger partial charge in [-0.15, -0.1) is 0 Å². The van der Waals surface area contributed by atoms with Gasteiger partial charge in [0.1, 0.15) is 11.4 Å². The van der Waals surface area contributed by atoms with Gasteiger partial charge in [0.15, 0.2) is 0 Å². The largest absolute Gasteiger partial charge is 0.480 e. The monoisotopic (exact) mass is 303 g/mol. The van der Waals surface area contributed by atoms with Gasteiger partial charge in [0.2, 0.25) is 10.0 Å². The molecule has 2 N–H and O–H groups in total. The molecule has 0 radical (unpaired) electrons. The maximum absolute atomic E-state index is 12.4. The summed E-state index contributed by atoms with van der Waals surface area (Å²) >= 11 is 0. The summed E-state index contributed by atoms with van der Waals surface area (Å²) < 4.78 is 33.6. The Morgan fingerprint density at radius 2 is 2.25 bits per heavy atom. The number of carboxylic acids is 1. The first-order valence-electron chi connectivity index (χ1n) is 6.17. The van der Waals surface area contributed by atoms with Gasteiger partial charge in [-0.3, -0.25) is 9.48 Å². The van der Waals surface area contributed by atoms with Crippen molar-refractivity contribution in [1.29, 1.82) is 0 Å². The number of ether oxygens (including phenoxy) is 1. The molecule has 1 aromatic rings. The van der Waals surface area contributed by atoms with Gasteiger partial charge in [-0.1, -0.05) is 0 Å². The van der Waals surface area contributed by atoms with E-state index in [0.717, 1.165) is 0 Å². The minimum atomic E-state index is -3.73. The zero-order valence-electron chi connectivity index (χ0n) is 11.3. The van der Waals surface area contributed by atoms with Gasteiger partial charge in [-0.05, 0) is 20.3 Å². The van der Waals surface area contributed by atoms with Crippen LogP contribution in [0.2, 0.25) is 0 Å². The minimum absolute atomic E-state index is 0.0469. The van der Waals surface area contributed by atoms with Gasteiger partial charge < -0.3 is 9.84 Å². The molecule has 8 nitrogen and oxygen atoms in total. The SMILES string of the molecule is Cc1nn(CC(=O)O)c(C)c1S(=O)(=O)NC1CCOC1. The average Bonchev–Trinajstić information content (AvgIpc) is 2.87. The Hall–Kier alpha value is -1.45. The van der Waals surface area contributed by atoms with Crippen LogP contribution in [0.15, 0.2) is 4.90 Å². The number of aryl methyl sites for hydroxylation is 1. The molecular formula is C11H17N3O5S. The number of nitrogens with zero attached hydrogens (tertiary/aromatic N) is 2. The summed E-state index contributed by atoms with van der Waals surface area (Å²) in [5, 5.41) is 12.8. The first kappa shape index (κ1) is 14.9. The molecule has 0 aromatic carbocycles. The second-order valence-corrected chi connectivity index (χ2v) is 6.38. The number of rotatable bonds is 5. The van der Waals surface area contributed by atoms with Crippen LogP contribution in [0.5, 0.6) is 0 Å². The molecule has 112 valence electrons. The predicted octanol–water partition coefficient (Wildman–Crippen LogP) is -0.348. The maximum atomic E-state index is 12.4. The number of hydrogen-bond donors (Lipinski definition) is 2. The summed E-state index contributed by atoms with van der Waals surface area (Å²) in [5.41, 5.74) is 0.603. The zero-order valence-corrected chi connectivity index (χ0v) is 12.1. The number of carbonyl (C=O) groups is 1. The number of aliphatic carboxylic acids is 1. The van der Waals surface area contributed by atoms with Crippen LogP contribution >= 0.6 is 0 Å². The third-order valence-corrected chi connectivity index (χ3v) is 4.89. The van der Waals surface area contributed by atoms with Crippen LogP contribution in [0.1, 0.15) is 17.8 Å². The molecule has 1 aromatic heterocycles. The molecule has 0 saturated carbocycles. The lowest BCUT2D eigenvalue weighted by Gasteiger charge is -2.11. The second-order valence-electron chi connectivity index (χ2n) is 4.73. The van der Waals surface area contributed by atoms with E-state index in [1.165, 1.54) is 4.68 Å². The van der Waals surface area contributed by atoms with Gasteiger partial charge in [0.05, 0.1) is 18.0 Å². The Kier molecular flexibility index (Phi) is 4.11. The molecule has 9 heteroatoms. The summed E-state index contributed by atoms with van der Waals surface area (Å²) in [4.78, 5) is 10.8. The molecule has 0 bridgehead atoms.